The summed E-state index contributed by atoms with van der Waals surface area (Å²) in [6.07, 6.45) is 5.07. The van der Waals surface area contributed by atoms with Crippen molar-refractivity contribution in [2.75, 3.05) is 26.3 Å². The van der Waals surface area contributed by atoms with E-state index in [-0.39, 0.29) is 10.8 Å². The van der Waals surface area contributed by atoms with Crippen LogP contribution in [0.1, 0.15) is 35.1 Å². The number of benzene rings is 2. The zero-order valence-electron chi connectivity index (χ0n) is 17.1. The fourth-order valence-corrected chi connectivity index (χ4v) is 5.47. The van der Waals surface area contributed by atoms with Crippen molar-refractivity contribution >= 4 is 15.9 Å². The van der Waals surface area contributed by atoms with Crippen LogP contribution < -0.4 is 5.32 Å². The van der Waals surface area contributed by atoms with E-state index in [0.29, 0.717) is 39.3 Å². The van der Waals surface area contributed by atoms with E-state index in [2.05, 4.69) is 23.5 Å². The van der Waals surface area contributed by atoms with Gasteiger partial charge in [0.25, 0.3) is 0 Å². The Morgan fingerprint density at radius 2 is 1.60 bits per heavy atom. The molecular formula is C23H28N2O4S. The minimum Gasteiger partial charge on any atom is -0.379 e. The minimum absolute atomic E-state index is 0.0317. The number of amides is 1. The molecule has 1 fully saturated rings. The molecule has 0 radical (unpaired) electrons. The number of sulfonamides is 1. The largest absolute Gasteiger partial charge is 0.379 e. The predicted molar refractivity (Wildman–Crippen MR) is 115 cm³/mol. The third kappa shape index (κ3) is 4.91. The Hall–Kier alpha value is -2.22. The maximum absolute atomic E-state index is 12.7. The number of fused-ring (bicyclic) bond motifs is 1. The number of nitrogens with one attached hydrogen (secondary N) is 1. The summed E-state index contributed by atoms with van der Waals surface area (Å²) in [4.78, 5) is 12.6. The Morgan fingerprint density at radius 3 is 2.33 bits per heavy atom. The summed E-state index contributed by atoms with van der Waals surface area (Å²) in [6, 6.07) is 13.1. The topological polar surface area (TPSA) is 75.7 Å². The van der Waals surface area contributed by atoms with Crippen molar-refractivity contribution in [3.63, 3.8) is 0 Å². The Labute approximate surface area is 178 Å². The summed E-state index contributed by atoms with van der Waals surface area (Å²) in [6.45, 7) is 1.98. The quantitative estimate of drug-likeness (QED) is 0.767. The lowest BCUT2D eigenvalue weighted by molar-refractivity contribution is -0.120. The summed E-state index contributed by atoms with van der Waals surface area (Å²) in [5.74, 6) is -0.0317. The molecule has 2 aromatic carbocycles. The molecule has 0 unspecified atom stereocenters. The van der Waals surface area contributed by atoms with Crippen molar-refractivity contribution in [1.29, 1.82) is 0 Å². The van der Waals surface area contributed by atoms with Crippen LogP contribution in [0.5, 0.6) is 0 Å². The Bertz CT molecular complexity index is 996. The van der Waals surface area contributed by atoms with Gasteiger partial charge in [0.15, 0.2) is 0 Å². The molecule has 30 heavy (non-hydrogen) atoms. The van der Waals surface area contributed by atoms with Crippen molar-refractivity contribution in [1.82, 2.24) is 9.62 Å². The molecule has 4 rings (SSSR count). The molecule has 1 aliphatic heterocycles. The van der Waals surface area contributed by atoms with Gasteiger partial charge in [-0.15, -0.1) is 0 Å². The Morgan fingerprint density at radius 1 is 0.933 bits per heavy atom. The third-order valence-corrected chi connectivity index (χ3v) is 7.71. The van der Waals surface area contributed by atoms with E-state index in [4.69, 9.17) is 4.74 Å². The lowest BCUT2D eigenvalue weighted by Gasteiger charge is -2.26. The van der Waals surface area contributed by atoms with Crippen molar-refractivity contribution < 1.29 is 17.9 Å². The van der Waals surface area contributed by atoms with Crippen LogP contribution in [0.4, 0.5) is 0 Å². The molecule has 160 valence electrons. The van der Waals surface area contributed by atoms with Crippen LogP contribution in [-0.4, -0.2) is 44.9 Å². The van der Waals surface area contributed by atoms with Gasteiger partial charge in [0.1, 0.15) is 0 Å². The van der Waals surface area contributed by atoms with E-state index in [1.54, 1.807) is 24.3 Å². The van der Waals surface area contributed by atoms with Crippen LogP contribution >= 0.6 is 0 Å². The van der Waals surface area contributed by atoms with Crippen molar-refractivity contribution in [3.05, 3.63) is 64.7 Å². The highest BCUT2D eigenvalue weighted by Gasteiger charge is 2.26. The SMILES string of the molecule is O=C(Cc1ccc2c(c1)CCCC2)NCc1ccc(S(=O)(=O)N2CCOCC2)cc1. The number of rotatable bonds is 6. The second kappa shape index (κ2) is 9.29. The summed E-state index contributed by atoms with van der Waals surface area (Å²) in [5.41, 5.74) is 4.70. The average Bonchev–Trinajstić information content (AvgIpc) is 2.78. The van der Waals surface area contributed by atoms with E-state index >= 15 is 0 Å². The molecule has 0 bridgehead atoms. The van der Waals surface area contributed by atoms with Crippen molar-refractivity contribution in [3.8, 4) is 0 Å². The van der Waals surface area contributed by atoms with Gasteiger partial charge in [-0.25, -0.2) is 8.42 Å². The average molecular weight is 429 g/mol. The van der Waals surface area contributed by atoms with Gasteiger partial charge < -0.3 is 10.1 Å². The molecule has 2 aliphatic rings. The first-order chi connectivity index (χ1) is 14.5. The van der Waals surface area contributed by atoms with Crippen molar-refractivity contribution in [2.45, 2.75) is 43.5 Å². The van der Waals surface area contributed by atoms with Crippen LogP contribution in [0.15, 0.2) is 47.4 Å². The van der Waals surface area contributed by atoms with E-state index in [1.807, 2.05) is 0 Å². The molecule has 7 heteroatoms. The summed E-state index contributed by atoms with van der Waals surface area (Å²) in [5, 5.41) is 2.93. The molecule has 1 amide bonds. The highest BCUT2D eigenvalue weighted by Crippen LogP contribution is 2.22. The molecule has 1 aliphatic carbocycles. The molecule has 0 spiro atoms. The molecule has 1 heterocycles. The summed E-state index contributed by atoms with van der Waals surface area (Å²) >= 11 is 0. The van der Waals surface area contributed by atoms with Gasteiger partial charge in [-0.1, -0.05) is 30.3 Å². The Kier molecular flexibility index (Phi) is 6.51. The maximum Gasteiger partial charge on any atom is 0.243 e. The van der Waals surface area contributed by atoms with Crippen LogP contribution in [0.2, 0.25) is 0 Å². The van der Waals surface area contributed by atoms with E-state index in [9.17, 15) is 13.2 Å². The monoisotopic (exact) mass is 428 g/mol. The number of carbonyl (C=O) groups is 1. The second-order valence-corrected chi connectivity index (χ2v) is 9.86. The standard InChI is InChI=1S/C23H28N2O4S/c26-23(16-19-5-8-20-3-1-2-4-21(20)15-19)24-17-18-6-9-22(10-7-18)30(27,28)25-11-13-29-14-12-25/h5-10,15H,1-4,11-14,16-17H2,(H,24,26). The number of nitrogens with zero attached hydrogens (tertiary/aromatic N) is 1. The third-order valence-electron chi connectivity index (χ3n) is 5.80. The summed E-state index contributed by atoms with van der Waals surface area (Å²) in [7, 11) is -3.49. The number of hydrogen-bond acceptors (Lipinski definition) is 4. The zero-order valence-corrected chi connectivity index (χ0v) is 17.9. The first-order valence-corrected chi connectivity index (χ1v) is 12.0. The van der Waals surface area contributed by atoms with E-state index < -0.39 is 10.0 Å². The van der Waals surface area contributed by atoms with E-state index in [1.165, 1.54) is 28.3 Å². The number of morpholine rings is 1. The zero-order chi connectivity index (χ0) is 21.0. The number of aryl methyl sites for hydroxylation is 2. The number of hydrogen-bond donors (Lipinski definition) is 1. The van der Waals surface area contributed by atoms with Crippen LogP contribution in [0.25, 0.3) is 0 Å². The smallest absolute Gasteiger partial charge is 0.243 e. The fourth-order valence-electron chi connectivity index (χ4n) is 4.06. The fraction of sp³-hybridized carbons (Fsp3) is 0.435. The lowest BCUT2D eigenvalue weighted by Crippen LogP contribution is -2.40. The first kappa shape index (κ1) is 21.0. The number of ether oxygens (including phenoxy) is 1. The van der Waals surface area contributed by atoms with Gasteiger partial charge >= 0.3 is 0 Å². The maximum atomic E-state index is 12.7. The van der Waals surface area contributed by atoms with Gasteiger partial charge in [0.05, 0.1) is 24.5 Å². The van der Waals surface area contributed by atoms with Gasteiger partial charge in [-0.05, 0) is 60.1 Å². The summed E-state index contributed by atoms with van der Waals surface area (Å²) < 4.78 is 32.0. The van der Waals surface area contributed by atoms with Crippen LogP contribution in [0, 0.1) is 0 Å². The molecule has 1 N–H and O–H groups in total. The highest BCUT2D eigenvalue weighted by atomic mass is 32.2. The lowest BCUT2D eigenvalue weighted by atomic mass is 9.90. The predicted octanol–water partition coefficient (Wildman–Crippen LogP) is 2.45. The normalized spacial score (nSPS) is 17.3. The molecule has 0 aromatic heterocycles. The molecular weight excluding hydrogens is 400 g/mol. The molecule has 0 atom stereocenters. The molecule has 6 nitrogen and oxygen atoms in total. The number of carbonyl (C=O) groups excluding carboxylic acids is 1. The van der Waals surface area contributed by atoms with Crippen LogP contribution in [0.3, 0.4) is 0 Å². The second-order valence-electron chi connectivity index (χ2n) is 7.92. The van der Waals surface area contributed by atoms with Gasteiger partial charge in [0, 0.05) is 19.6 Å². The van der Waals surface area contributed by atoms with E-state index in [0.717, 1.165) is 24.0 Å². The molecule has 1 saturated heterocycles. The van der Waals surface area contributed by atoms with Crippen LogP contribution in [-0.2, 0) is 45.4 Å². The first-order valence-electron chi connectivity index (χ1n) is 10.6. The Balaban J connectivity index is 1.32. The van der Waals surface area contributed by atoms with Gasteiger partial charge in [-0.3, -0.25) is 4.79 Å². The molecule has 2 aromatic rings. The minimum atomic E-state index is -3.49. The van der Waals surface area contributed by atoms with Crippen molar-refractivity contribution in [2.24, 2.45) is 0 Å². The van der Waals surface area contributed by atoms with Gasteiger partial charge in [0.2, 0.25) is 15.9 Å². The van der Waals surface area contributed by atoms with Gasteiger partial charge in [-0.2, -0.15) is 4.31 Å². The molecule has 0 saturated carbocycles. The highest BCUT2D eigenvalue weighted by molar-refractivity contribution is 7.89.